The van der Waals surface area contributed by atoms with Crippen LogP contribution in [-0.4, -0.2) is 68.2 Å². The Hall–Kier alpha value is -0.650. The summed E-state index contributed by atoms with van der Waals surface area (Å²) in [5.41, 5.74) is 5.58. The molecule has 2 N–H and O–H groups in total. The van der Waals surface area contributed by atoms with E-state index in [1.54, 1.807) is 0 Å². The number of piperidine rings is 1. The topological polar surface area (TPSA) is 58.8 Å². The minimum absolute atomic E-state index is 0.248. The first-order valence-electron chi connectivity index (χ1n) is 7.23. The maximum absolute atomic E-state index is 12.0. The van der Waals surface area contributed by atoms with E-state index in [1.165, 1.54) is 20.0 Å². The van der Waals surface area contributed by atoms with E-state index in [0.717, 1.165) is 25.9 Å². The van der Waals surface area contributed by atoms with Crippen LogP contribution in [0.25, 0.3) is 0 Å². The molecule has 2 aliphatic rings. The molecular weight excluding hydrogens is 242 g/mol. The second kappa shape index (κ2) is 5.77. The van der Waals surface area contributed by atoms with Crippen LogP contribution >= 0.6 is 0 Å². The molecule has 2 rings (SSSR count). The third-order valence-corrected chi connectivity index (χ3v) is 4.57. The number of hydrogen-bond donors (Lipinski definition) is 1. The van der Waals surface area contributed by atoms with Crippen molar-refractivity contribution in [3.8, 4) is 0 Å². The largest absolute Gasteiger partial charge is 0.468 e. The summed E-state index contributed by atoms with van der Waals surface area (Å²) in [5.74, 6) is 0.0571. The molecule has 0 spiro atoms. The van der Waals surface area contributed by atoms with E-state index in [2.05, 4.69) is 23.9 Å². The predicted octanol–water partition coefficient (Wildman–Crippen LogP) is 0.293. The van der Waals surface area contributed by atoms with Crippen LogP contribution in [0.1, 0.15) is 25.7 Å². The first-order chi connectivity index (χ1) is 8.97. The molecule has 0 amide bonds. The van der Waals surface area contributed by atoms with Crippen molar-refractivity contribution in [2.45, 2.75) is 37.3 Å². The molecule has 110 valence electrons. The lowest BCUT2D eigenvalue weighted by Crippen LogP contribution is -2.60. The molecule has 2 atom stereocenters. The number of ether oxygens (including phenoxy) is 1. The quantitative estimate of drug-likeness (QED) is 0.727. The number of methoxy groups -OCH3 is 1. The zero-order valence-corrected chi connectivity index (χ0v) is 12.4. The Balaban J connectivity index is 1.99. The Morgan fingerprint density at radius 3 is 2.63 bits per heavy atom. The Bertz CT molecular complexity index is 331. The number of carbonyl (C=O) groups excluding carboxylic acids is 1. The zero-order chi connectivity index (χ0) is 14.0. The lowest BCUT2D eigenvalue weighted by molar-refractivity contribution is -0.149. The second-order valence-corrected chi connectivity index (χ2v) is 6.30. The van der Waals surface area contributed by atoms with Crippen molar-refractivity contribution in [1.82, 2.24) is 9.80 Å². The highest BCUT2D eigenvalue weighted by atomic mass is 16.5. The fourth-order valence-electron chi connectivity index (χ4n) is 3.12. The lowest BCUT2D eigenvalue weighted by Gasteiger charge is -2.40. The van der Waals surface area contributed by atoms with Crippen LogP contribution in [0.5, 0.6) is 0 Å². The summed E-state index contributed by atoms with van der Waals surface area (Å²) in [6, 6.07) is 0.565. The highest BCUT2D eigenvalue weighted by Gasteiger charge is 2.50. The van der Waals surface area contributed by atoms with Crippen LogP contribution in [-0.2, 0) is 9.53 Å². The van der Waals surface area contributed by atoms with E-state index >= 15 is 0 Å². The highest BCUT2D eigenvalue weighted by molar-refractivity contribution is 5.81. The van der Waals surface area contributed by atoms with Crippen molar-refractivity contribution in [3.63, 3.8) is 0 Å². The van der Waals surface area contributed by atoms with Gasteiger partial charge in [0.15, 0.2) is 0 Å². The molecule has 0 aromatic rings. The van der Waals surface area contributed by atoms with E-state index in [1.807, 2.05) is 0 Å². The van der Waals surface area contributed by atoms with Gasteiger partial charge in [0, 0.05) is 19.1 Å². The van der Waals surface area contributed by atoms with E-state index in [4.69, 9.17) is 10.5 Å². The summed E-state index contributed by atoms with van der Waals surface area (Å²) in [6.07, 6.45) is 4.50. The first kappa shape index (κ1) is 14.8. The van der Waals surface area contributed by atoms with Crippen molar-refractivity contribution in [3.05, 3.63) is 0 Å². The summed E-state index contributed by atoms with van der Waals surface area (Å²) in [4.78, 5) is 16.6. The molecule has 0 bridgehead atoms. The number of hydrogen-bond acceptors (Lipinski definition) is 5. The van der Waals surface area contributed by atoms with Gasteiger partial charge in [-0.3, -0.25) is 9.69 Å². The summed E-state index contributed by atoms with van der Waals surface area (Å²) in [5, 5.41) is 0. The molecule has 19 heavy (non-hydrogen) atoms. The average molecular weight is 269 g/mol. The van der Waals surface area contributed by atoms with Gasteiger partial charge in [-0.05, 0) is 52.2 Å². The number of esters is 1. The molecule has 0 radical (unpaired) electrons. The maximum Gasteiger partial charge on any atom is 0.327 e. The van der Waals surface area contributed by atoms with Gasteiger partial charge in [0.05, 0.1) is 7.11 Å². The first-order valence-corrected chi connectivity index (χ1v) is 7.23. The predicted molar refractivity (Wildman–Crippen MR) is 74.8 cm³/mol. The second-order valence-electron chi connectivity index (χ2n) is 6.30. The Labute approximate surface area is 116 Å². The summed E-state index contributed by atoms with van der Waals surface area (Å²) in [7, 11) is 5.67. The minimum atomic E-state index is -0.803. The number of nitrogens with two attached hydrogens (primary N) is 1. The summed E-state index contributed by atoms with van der Waals surface area (Å²) >= 11 is 0. The van der Waals surface area contributed by atoms with Crippen molar-refractivity contribution in [2.24, 2.45) is 11.7 Å². The third kappa shape index (κ3) is 3.27. The van der Waals surface area contributed by atoms with Crippen molar-refractivity contribution >= 4 is 5.97 Å². The van der Waals surface area contributed by atoms with Gasteiger partial charge in [-0.15, -0.1) is 0 Å². The zero-order valence-electron chi connectivity index (χ0n) is 12.4. The van der Waals surface area contributed by atoms with Gasteiger partial charge in [0.25, 0.3) is 0 Å². The number of nitrogens with zero attached hydrogens (tertiary/aromatic N) is 2. The van der Waals surface area contributed by atoms with Gasteiger partial charge < -0.3 is 15.4 Å². The Kier molecular flexibility index (Phi) is 4.48. The normalized spacial score (nSPS) is 28.2. The van der Waals surface area contributed by atoms with Crippen molar-refractivity contribution < 1.29 is 9.53 Å². The van der Waals surface area contributed by atoms with Gasteiger partial charge in [-0.2, -0.15) is 0 Å². The standard InChI is InChI=1S/C14H27N3O2/c1-16(2)12-5-4-8-17(9-12)10-14(15,11-6-7-11)13(18)19-3/h11-12H,4-10,15H2,1-3H3. The summed E-state index contributed by atoms with van der Waals surface area (Å²) < 4.78 is 4.93. The van der Waals surface area contributed by atoms with Gasteiger partial charge in [-0.1, -0.05) is 0 Å². The molecular formula is C14H27N3O2. The fourth-order valence-corrected chi connectivity index (χ4v) is 3.12. The molecule has 5 heteroatoms. The number of likely N-dealkylation sites (N-methyl/N-ethyl adjacent to an activating group) is 1. The van der Waals surface area contributed by atoms with Crippen LogP contribution < -0.4 is 5.73 Å². The number of likely N-dealkylation sites (tertiary alicyclic amines) is 1. The molecule has 0 aromatic heterocycles. The third-order valence-electron chi connectivity index (χ3n) is 4.57. The van der Waals surface area contributed by atoms with Crippen LogP contribution in [0, 0.1) is 5.92 Å². The monoisotopic (exact) mass is 269 g/mol. The van der Waals surface area contributed by atoms with E-state index < -0.39 is 5.54 Å². The molecule has 1 saturated heterocycles. The molecule has 1 aliphatic heterocycles. The number of rotatable bonds is 5. The van der Waals surface area contributed by atoms with Gasteiger partial charge in [0.2, 0.25) is 0 Å². The van der Waals surface area contributed by atoms with E-state index in [0.29, 0.717) is 18.5 Å². The summed E-state index contributed by atoms with van der Waals surface area (Å²) in [6.45, 7) is 2.66. The Morgan fingerprint density at radius 1 is 1.42 bits per heavy atom. The van der Waals surface area contributed by atoms with Crippen molar-refractivity contribution in [1.29, 1.82) is 0 Å². The van der Waals surface area contributed by atoms with Crippen molar-refractivity contribution in [2.75, 3.05) is 40.8 Å². The lowest BCUT2D eigenvalue weighted by atomic mass is 9.92. The molecule has 1 saturated carbocycles. The molecule has 0 aromatic carbocycles. The van der Waals surface area contributed by atoms with Gasteiger partial charge in [0.1, 0.15) is 5.54 Å². The molecule has 2 unspecified atom stereocenters. The fraction of sp³-hybridized carbons (Fsp3) is 0.929. The molecule has 1 aliphatic carbocycles. The van der Waals surface area contributed by atoms with Crippen LogP contribution in [0.3, 0.4) is 0 Å². The van der Waals surface area contributed by atoms with Crippen LogP contribution in [0.15, 0.2) is 0 Å². The van der Waals surface area contributed by atoms with Crippen LogP contribution in [0.2, 0.25) is 0 Å². The minimum Gasteiger partial charge on any atom is -0.468 e. The smallest absolute Gasteiger partial charge is 0.327 e. The Morgan fingerprint density at radius 2 is 2.11 bits per heavy atom. The van der Waals surface area contributed by atoms with E-state index in [-0.39, 0.29) is 5.97 Å². The highest BCUT2D eigenvalue weighted by Crippen LogP contribution is 2.39. The average Bonchev–Trinajstić information content (AvgIpc) is 3.22. The maximum atomic E-state index is 12.0. The molecule has 5 nitrogen and oxygen atoms in total. The molecule has 1 heterocycles. The number of carbonyl (C=O) groups is 1. The van der Waals surface area contributed by atoms with Gasteiger partial charge >= 0.3 is 5.97 Å². The van der Waals surface area contributed by atoms with E-state index in [9.17, 15) is 4.79 Å². The van der Waals surface area contributed by atoms with Gasteiger partial charge in [-0.25, -0.2) is 0 Å². The van der Waals surface area contributed by atoms with Crippen LogP contribution in [0.4, 0.5) is 0 Å². The SMILES string of the molecule is COC(=O)C(N)(CN1CCCC(N(C)C)C1)C1CC1. The molecule has 2 fully saturated rings.